The predicted octanol–water partition coefficient (Wildman–Crippen LogP) is 3.67. The lowest BCUT2D eigenvalue weighted by atomic mass is 9.95. The number of nitrogens with one attached hydrogen (secondary N) is 1. The molecule has 104 valence electrons. The van der Waals surface area contributed by atoms with Crippen LogP contribution in [0.2, 0.25) is 0 Å². The van der Waals surface area contributed by atoms with Gasteiger partial charge in [-0.05, 0) is 25.0 Å². The molecule has 1 fully saturated rings. The highest BCUT2D eigenvalue weighted by atomic mass is 79.9. The Hall–Kier alpha value is -1.42. The summed E-state index contributed by atoms with van der Waals surface area (Å²) in [5.74, 6) is -0.0000463. The fourth-order valence-corrected chi connectivity index (χ4v) is 3.51. The van der Waals surface area contributed by atoms with Crippen molar-refractivity contribution in [2.75, 3.05) is 0 Å². The van der Waals surface area contributed by atoms with Crippen molar-refractivity contribution in [1.82, 2.24) is 10.3 Å². The molecular formula is C16H17BrN2O. The number of hydrogen-bond acceptors (Lipinski definition) is 2. The minimum atomic E-state index is -0.0000463. The number of pyridine rings is 1. The number of alkyl halides is 1. The van der Waals surface area contributed by atoms with Gasteiger partial charge in [0, 0.05) is 22.5 Å². The maximum atomic E-state index is 12.5. The minimum absolute atomic E-state index is 0.0000463. The van der Waals surface area contributed by atoms with Gasteiger partial charge in [-0.3, -0.25) is 9.78 Å². The molecule has 3 nitrogen and oxygen atoms in total. The zero-order chi connectivity index (χ0) is 13.9. The maximum absolute atomic E-state index is 12.5. The third-order valence-electron chi connectivity index (χ3n) is 3.89. The summed E-state index contributed by atoms with van der Waals surface area (Å²) in [5, 5.41) is 4.07. The molecule has 0 saturated heterocycles. The Balaban J connectivity index is 1.85. The summed E-state index contributed by atoms with van der Waals surface area (Å²) in [6, 6.07) is 9.78. The molecule has 1 amide bonds. The molecule has 1 saturated carbocycles. The molecular weight excluding hydrogens is 316 g/mol. The van der Waals surface area contributed by atoms with Crippen molar-refractivity contribution in [3.63, 3.8) is 0 Å². The van der Waals surface area contributed by atoms with Crippen molar-refractivity contribution in [3.05, 3.63) is 42.1 Å². The van der Waals surface area contributed by atoms with E-state index in [-0.39, 0.29) is 11.9 Å². The number of halogens is 1. The molecule has 0 spiro atoms. The number of carbonyl (C=O) groups is 1. The lowest BCUT2D eigenvalue weighted by Gasteiger charge is -2.28. The second-order valence-electron chi connectivity index (χ2n) is 5.26. The molecule has 1 heterocycles. The van der Waals surface area contributed by atoms with Gasteiger partial charge in [0.15, 0.2) is 0 Å². The van der Waals surface area contributed by atoms with Crippen LogP contribution in [-0.2, 0) is 0 Å². The van der Waals surface area contributed by atoms with Crippen molar-refractivity contribution in [2.45, 2.75) is 36.6 Å². The number of fused-ring (bicyclic) bond motifs is 1. The summed E-state index contributed by atoms with van der Waals surface area (Å²) in [5.41, 5.74) is 1.57. The van der Waals surface area contributed by atoms with E-state index in [1.165, 1.54) is 12.8 Å². The van der Waals surface area contributed by atoms with Crippen LogP contribution < -0.4 is 5.32 Å². The SMILES string of the molecule is O=C(NC1CCCCC1Br)c1ccnc2ccccc12. The van der Waals surface area contributed by atoms with Gasteiger partial charge in [-0.1, -0.05) is 47.0 Å². The summed E-state index contributed by atoms with van der Waals surface area (Å²) in [6.45, 7) is 0. The molecule has 2 atom stereocenters. The van der Waals surface area contributed by atoms with E-state index in [2.05, 4.69) is 26.2 Å². The second kappa shape index (κ2) is 5.92. The highest BCUT2D eigenvalue weighted by molar-refractivity contribution is 9.09. The predicted molar refractivity (Wildman–Crippen MR) is 84.2 cm³/mol. The van der Waals surface area contributed by atoms with Crippen LogP contribution in [0.25, 0.3) is 10.9 Å². The van der Waals surface area contributed by atoms with Crippen molar-refractivity contribution in [2.24, 2.45) is 0 Å². The Morgan fingerprint density at radius 1 is 1.20 bits per heavy atom. The van der Waals surface area contributed by atoms with E-state index in [0.717, 1.165) is 23.7 Å². The van der Waals surface area contributed by atoms with Gasteiger partial charge in [-0.25, -0.2) is 0 Å². The van der Waals surface area contributed by atoms with Gasteiger partial charge in [-0.15, -0.1) is 0 Å². The first-order valence-corrected chi connectivity index (χ1v) is 7.96. The normalized spacial score (nSPS) is 22.6. The zero-order valence-electron chi connectivity index (χ0n) is 11.2. The molecule has 2 aromatic rings. The van der Waals surface area contributed by atoms with Gasteiger partial charge in [0.1, 0.15) is 0 Å². The number of carbonyl (C=O) groups excluding carboxylic acids is 1. The van der Waals surface area contributed by atoms with Gasteiger partial charge in [-0.2, -0.15) is 0 Å². The van der Waals surface area contributed by atoms with Gasteiger partial charge >= 0.3 is 0 Å². The van der Waals surface area contributed by atoms with Gasteiger partial charge in [0.05, 0.1) is 11.1 Å². The molecule has 0 aliphatic heterocycles. The van der Waals surface area contributed by atoms with E-state index in [1.54, 1.807) is 12.3 Å². The maximum Gasteiger partial charge on any atom is 0.252 e. The molecule has 1 aliphatic rings. The minimum Gasteiger partial charge on any atom is -0.348 e. The Kier molecular flexibility index (Phi) is 4.01. The van der Waals surface area contributed by atoms with Gasteiger partial charge in [0.2, 0.25) is 0 Å². The quantitative estimate of drug-likeness (QED) is 0.852. The van der Waals surface area contributed by atoms with E-state index in [9.17, 15) is 4.79 Å². The Morgan fingerprint density at radius 3 is 2.85 bits per heavy atom. The number of aromatic nitrogens is 1. The average molecular weight is 333 g/mol. The van der Waals surface area contributed by atoms with Crippen LogP contribution in [0.15, 0.2) is 36.5 Å². The standard InChI is InChI=1S/C16H17BrN2O/c17-13-6-2-4-8-15(13)19-16(20)12-9-10-18-14-7-3-1-5-11(12)14/h1,3,5,7,9-10,13,15H,2,4,6,8H2,(H,19,20). The molecule has 2 unspecified atom stereocenters. The van der Waals surface area contributed by atoms with Gasteiger partial charge in [0.25, 0.3) is 5.91 Å². The van der Waals surface area contributed by atoms with Crippen molar-refractivity contribution in [1.29, 1.82) is 0 Å². The second-order valence-corrected chi connectivity index (χ2v) is 6.43. The Morgan fingerprint density at radius 2 is 2.00 bits per heavy atom. The molecule has 0 radical (unpaired) electrons. The number of para-hydroxylation sites is 1. The zero-order valence-corrected chi connectivity index (χ0v) is 12.8. The number of rotatable bonds is 2. The Bertz CT molecular complexity index is 623. The van der Waals surface area contributed by atoms with Crippen molar-refractivity contribution < 1.29 is 4.79 Å². The first-order valence-electron chi connectivity index (χ1n) is 7.04. The highest BCUT2D eigenvalue weighted by Gasteiger charge is 2.25. The third kappa shape index (κ3) is 2.70. The van der Waals surface area contributed by atoms with Crippen molar-refractivity contribution in [3.8, 4) is 0 Å². The molecule has 1 aromatic carbocycles. The van der Waals surface area contributed by atoms with Crippen molar-refractivity contribution >= 4 is 32.7 Å². The fourth-order valence-electron chi connectivity index (χ4n) is 2.79. The fraction of sp³-hybridized carbons (Fsp3) is 0.375. The molecule has 1 aromatic heterocycles. The van der Waals surface area contributed by atoms with E-state index in [1.807, 2.05) is 24.3 Å². The summed E-state index contributed by atoms with van der Waals surface area (Å²) in [4.78, 5) is 17.2. The van der Waals surface area contributed by atoms with E-state index < -0.39 is 0 Å². The molecule has 4 heteroatoms. The topological polar surface area (TPSA) is 42.0 Å². The molecule has 20 heavy (non-hydrogen) atoms. The summed E-state index contributed by atoms with van der Waals surface area (Å²) in [7, 11) is 0. The number of nitrogens with zero attached hydrogens (tertiary/aromatic N) is 1. The van der Waals surface area contributed by atoms with E-state index in [4.69, 9.17) is 0 Å². The smallest absolute Gasteiger partial charge is 0.252 e. The van der Waals surface area contributed by atoms with E-state index >= 15 is 0 Å². The monoisotopic (exact) mass is 332 g/mol. The first-order chi connectivity index (χ1) is 9.75. The van der Waals surface area contributed by atoms with Crippen LogP contribution in [0.3, 0.4) is 0 Å². The van der Waals surface area contributed by atoms with Gasteiger partial charge < -0.3 is 5.32 Å². The number of amides is 1. The third-order valence-corrected chi connectivity index (χ3v) is 4.99. The molecule has 0 bridgehead atoms. The van der Waals surface area contributed by atoms with Crippen LogP contribution >= 0.6 is 15.9 Å². The van der Waals surface area contributed by atoms with Crippen LogP contribution in [-0.4, -0.2) is 21.8 Å². The van der Waals surface area contributed by atoms with Crippen LogP contribution in [0.4, 0.5) is 0 Å². The summed E-state index contributed by atoms with van der Waals surface area (Å²) in [6.07, 6.45) is 6.29. The lowest BCUT2D eigenvalue weighted by Crippen LogP contribution is -2.42. The molecule has 3 rings (SSSR count). The summed E-state index contributed by atoms with van der Waals surface area (Å²) >= 11 is 3.68. The molecule has 1 N–H and O–H groups in total. The summed E-state index contributed by atoms with van der Waals surface area (Å²) < 4.78 is 0. The van der Waals surface area contributed by atoms with Crippen LogP contribution in [0.5, 0.6) is 0 Å². The van der Waals surface area contributed by atoms with Crippen LogP contribution in [0, 0.1) is 0 Å². The number of benzene rings is 1. The average Bonchev–Trinajstić information content (AvgIpc) is 2.49. The Labute approximate surface area is 126 Å². The van der Waals surface area contributed by atoms with Crippen LogP contribution in [0.1, 0.15) is 36.0 Å². The van der Waals surface area contributed by atoms with E-state index in [0.29, 0.717) is 10.4 Å². The highest BCUT2D eigenvalue weighted by Crippen LogP contribution is 2.25. The largest absolute Gasteiger partial charge is 0.348 e. The lowest BCUT2D eigenvalue weighted by molar-refractivity contribution is 0.0931. The number of hydrogen-bond donors (Lipinski definition) is 1. The molecule has 1 aliphatic carbocycles. The first kappa shape index (κ1) is 13.6.